The van der Waals surface area contributed by atoms with Gasteiger partial charge in [-0.05, 0) is 31.0 Å². The molecule has 0 aromatic heterocycles. The Morgan fingerprint density at radius 3 is 2.50 bits per heavy atom. The van der Waals surface area contributed by atoms with Gasteiger partial charge in [-0.2, -0.15) is 0 Å². The fourth-order valence-corrected chi connectivity index (χ4v) is 1.69. The summed E-state index contributed by atoms with van der Waals surface area (Å²) >= 11 is 0. The predicted molar refractivity (Wildman–Crippen MR) is 75.6 cm³/mol. The van der Waals surface area contributed by atoms with Crippen molar-refractivity contribution in [1.82, 2.24) is 5.32 Å². The molecular formula is C15H25NO2. The van der Waals surface area contributed by atoms with Crippen molar-refractivity contribution >= 4 is 0 Å². The summed E-state index contributed by atoms with van der Waals surface area (Å²) in [4.78, 5) is 0. The molecule has 0 saturated heterocycles. The average molecular weight is 251 g/mol. The minimum absolute atomic E-state index is 0.170. The van der Waals surface area contributed by atoms with E-state index in [0.29, 0.717) is 6.04 Å². The van der Waals surface area contributed by atoms with E-state index in [1.54, 1.807) is 7.11 Å². The van der Waals surface area contributed by atoms with Crippen molar-refractivity contribution in [3.63, 3.8) is 0 Å². The van der Waals surface area contributed by atoms with Crippen molar-refractivity contribution in [2.75, 3.05) is 13.7 Å². The van der Waals surface area contributed by atoms with E-state index in [9.17, 15) is 0 Å². The highest BCUT2D eigenvalue weighted by Crippen LogP contribution is 2.28. The van der Waals surface area contributed by atoms with E-state index in [4.69, 9.17) is 9.47 Å². The number of ether oxygens (including phenoxy) is 2. The van der Waals surface area contributed by atoms with Crippen molar-refractivity contribution in [3.8, 4) is 11.5 Å². The quantitative estimate of drug-likeness (QED) is 0.807. The molecule has 0 aliphatic rings. The zero-order valence-electron chi connectivity index (χ0n) is 12.1. The molecule has 0 saturated carbocycles. The van der Waals surface area contributed by atoms with Crippen molar-refractivity contribution in [3.05, 3.63) is 23.8 Å². The third-order valence-electron chi connectivity index (χ3n) is 2.82. The van der Waals surface area contributed by atoms with Crippen LogP contribution in [0.25, 0.3) is 0 Å². The molecule has 0 bridgehead atoms. The molecule has 3 heteroatoms. The van der Waals surface area contributed by atoms with Gasteiger partial charge in [-0.3, -0.25) is 0 Å². The highest BCUT2D eigenvalue weighted by Gasteiger charge is 2.12. The van der Waals surface area contributed by atoms with Crippen LogP contribution >= 0.6 is 0 Å². The van der Waals surface area contributed by atoms with Crippen LogP contribution in [0.1, 0.15) is 32.8 Å². The van der Waals surface area contributed by atoms with Crippen LogP contribution in [0.15, 0.2) is 18.2 Å². The van der Waals surface area contributed by atoms with Crippen LogP contribution in [0.4, 0.5) is 0 Å². The lowest BCUT2D eigenvalue weighted by Crippen LogP contribution is -2.34. The molecule has 1 unspecified atom stereocenters. The Morgan fingerprint density at radius 1 is 1.22 bits per heavy atom. The molecule has 0 aliphatic carbocycles. The molecule has 1 aromatic rings. The third kappa shape index (κ3) is 4.57. The van der Waals surface area contributed by atoms with Crippen molar-refractivity contribution < 1.29 is 9.47 Å². The Kier molecular flexibility index (Phi) is 5.99. The number of nitrogens with one attached hydrogen (secondary N) is 1. The SMILES string of the molecule is CCC(CNC(C)C)Oc1ccc(C)cc1OC. The first kappa shape index (κ1) is 14.8. The lowest BCUT2D eigenvalue weighted by molar-refractivity contribution is 0.182. The van der Waals surface area contributed by atoms with Gasteiger partial charge in [0.1, 0.15) is 6.10 Å². The first-order valence-corrected chi connectivity index (χ1v) is 6.61. The number of rotatable bonds is 7. The molecule has 1 aromatic carbocycles. The second-order valence-corrected chi connectivity index (χ2v) is 4.87. The topological polar surface area (TPSA) is 30.5 Å². The van der Waals surface area contributed by atoms with Crippen LogP contribution in [0.3, 0.4) is 0 Å². The Labute approximate surface area is 110 Å². The maximum absolute atomic E-state index is 6.00. The van der Waals surface area contributed by atoms with E-state index in [0.717, 1.165) is 24.5 Å². The number of aryl methyl sites for hydroxylation is 1. The lowest BCUT2D eigenvalue weighted by atomic mass is 10.2. The Bertz CT molecular complexity index is 364. The van der Waals surface area contributed by atoms with E-state index in [1.807, 2.05) is 25.1 Å². The number of methoxy groups -OCH3 is 1. The van der Waals surface area contributed by atoms with Gasteiger partial charge >= 0.3 is 0 Å². The summed E-state index contributed by atoms with van der Waals surface area (Å²) in [6, 6.07) is 6.49. The molecule has 3 nitrogen and oxygen atoms in total. The summed E-state index contributed by atoms with van der Waals surface area (Å²) in [7, 11) is 1.68. The number of hydrogen-bond acceptors (Lipinski definition) is 3. The molecule has 0 spiro atoms. The van der Waals surface area contributed by atoms with Gasteiger partial charge in [0.15, 0.2) is 11.5 Å². The fourth-order valence-electron chi connectivity index (χ4n) is 1.69. The van der Waals surface area contributed by atoms with Gasteiger partial charge in [-0.15, -0.1) is 0 Å². The third-order valence-corrected chi connectivity index (χ3v) is 2.82. The Morgan fingerprint density at radius 2 is 1.94 bits per heavy atom. The van der Waals surface area contributed by atoms with Gasteiger partial charge in [0, 0.05) is 12.6 Å². The minimum atomic E-state index is 0.170. The maximum Gasteiger partial charge on any atom is 0.161 e. The van der Waals surface area contributed by atoms with Crippen molar-refractivity contribution in [2.24, 2.45) is 0 Å². The molecule has 0 aliphatic heterocycles. The average Bonchev–Trinajstić information content (AvgIpc) is 2.35. The summed E-state index contributed by atoms with van der Waals surface area (Å²) in [5, 5.41) is 3.40. The minimum Gasteiger partial charge on any atom is -0.493 e. The van der Waals surface area contributed by atoms with Gasteiger partial charge in [-0.25, -0.2) is 0 Å². The maximum atomic E-state index is 6.00. The van der Waals surface area contributed by atoms with Crippen LogP contribution < -0.4 is 14.8 Å². The van der Waals surface area contributed by atoms with Crippen LogP contribution in [-0.4, -0.2) is 25.8 Å². The van der Waals surface area contributed by atoms with E-state index < -0.39 is 0 Å². The molecule has 0 radical (unpaired) electrons. The van der Waals surface area contributed by atoms with Gasteiger partial charge in [0.25, 0.3) is 0 Å². The molecule has 0 amide bonds. The normalized spacial score (nSPS) is 12.6. The molecule has 1 rings (SSSR count). The van der Waals surface area contributed by atoms with E-state index in [2.05, 4.69) is 26.1 Å². The van der Waals surface area contributed by atoms with E-state index in [-0.39, 0.29) is 6.10 Å². The van der Waals surface area contributed by atoms with Crippen molar-refractivity contribution in [2.45, 2.75) is 46.3 Å². The largest absolute Gasteiger partial charge is 0.493 e. The summed E-state index contributed by atoms with van der Waals surface area (Å²) in [5.41, 5.74) is 1.17. The van der Waals surface area contributed by atoms with Gasteiger partial charge < -0.3 is 14.8 Å². The predicted octanol–water partition coefficient (Wildman–Crippen LogP) is 3.16. The van der Waals surface area contributed by atoms with E-state index >= 15 is 0 Å². The Hall–Kier alpha value is -1.22. The molecule has 0 fully saturated rings. The second kappa shape index (κ2) is 7.27. The molecule has 102 valence electrons. The van der Waals surface area contributed by atoms with Gasteiger partial charge in [-0.1, -0.05) is 26.8 Å². The molecular weight excluding hydrogens is 226 g/mol. The Balaban J connectivity index is 2.69. The number of hydrogen-bond donors (Lipinski definition) is 1. The van der Waals surface area contributed by atoms with Crippen molar-refractivity contribution in [1.29, 1.82) is 0 Å². The summed E-state index contributed by atoms with van der Waals surface area (Å²) in [5.74, 6) is 1.62. The summed E-state index contributed by atoms with van der Waals surface area (Å²) < 4.78 is 11.4. The van der Waals surface area contributed by atoms with Crippen LogP contribution in [0.5, 0.6) is 11.5 Å². The first-order chi connectivity index (χ1) is 8.56. The van der Waals surface area contributed by atoms with Gasteiger partial charge in [0.2, 0.25) is 0 Å². The van der Waals surface area contributed by atoms with Crippen LogP contribution in [0.2, 0.25) is 0 Å². The molecule has 0 heterocycles. The monoisotopic (exact) mass is 251 g/mol. The second-order valence-electron chi connectivity index (χ2n) is 4.87. The van der Waals surface area contributed by atoms with Crippen LogP contribution in [0, 0.1) is 6.92 Å². The fraction of sp³-hybridized carbons (Fsp3) is 0.600. The smallest absolute Gasteiger partial charge is 0.161 e. The standard InChI is InChI=1S/C15H25NO2/c1-6-13(10-16-11(2)3)18-14-8-7-12(4)9-15(14)17-5/h7-9,11,13,16H,6,10H2,1-5H3. The molecule has 1 N–H and O–H groups in total. The molecule has 18 heavy (non-hydrogen) atoms. The molecule has 1 atom stereocenters. The number of benzene rings is 1. The highest BCUT2D eigenvalue weighted by molar-refractivity contribution is 5.42. The zero-order chi connectivity index (χ0) is 13.5. The summed E-state index contributed by atoms with van der Waals surface area (Å²) in [6.45, 7) is 9.31. The van der Waals surface area contributed by atoms with Gasteiger partial charge in [0.05, 0.1) is 7.11 Å². The highest BCUT2D eigenvalue weighted by atomic mass is 16.5. The van der Waals surface area contributed by atoms with E-state index in [1.165, 1.54) is 5.56 Å². The van der Waals surface area contributed by atoms with Crippen LogP contribution in [-0.2, 0) is 0 Å². The summed E-state index contributed by atoms with van der Waals surface area (Å²) in [6.07, 6.45) is 1.14. The lowest BCUT2D eigenvalue weighted by Gasteiger charge is -2.21. The zero-order valence-corrected chi connectivity index (χ0v) is 12.1. The first-order valence-electron chi connectivity index (χ1n) is 6.61.